The highest BCUT2D eigenvalue weighted by Gasteiger charge is 2.09. The molecule has 2 rings (SSSR count). The molecule has 0 bridgehead atoms. The van der Waals surface area contributed by atoms with E-state index in [2.05, 4.69) is 21.2 Å². The smallest absolute Gasteiger partial charge is 0.238 e. The summed E-state index contributed by atoms with van der Waals surface area (Å²) < 4.78 is 23.4. The lowest BCUT2D eigenvalue weighted by molar-refractivity contribution is 0.598. The number of rotatable bonds is 4. The minimum atomic E-state index is -3.73. The van der Waals surface area contributed by atoms with Crippen molar-refractivity contribution in [2.45, 2.75) is 4.90 Å². The summed E-state index contributed by atoms with van der Waals surface area (Å²) >= 11 is 8.32. The standard InChI is InChI=1S/C13H12BrN3O2S2/c14-11-6-8(13(15)20)4-5-12(11)17-9-2-1-3-10(7-9)21(16,18)19/h1-7,17H,(H2,15,20)(H2,16,18,19). The molecule has 21 heavy (non-hydrogen) atoms. The van der Waals surface area contributed by atoms with Crippen molar-refractivity contribution >= 4 is 54.5 Å². The van der Waals surface area contributed by atoms with E-state index in [0.717, 1.165) is 15.7 Å². The number of nitrogens with one attached hydrogen (secondary N) is 1. The van der Waals surface area contributed by atoms with Crippen LogP contribution in [0.4, 0.5) is 11.4 Å². The number of sulfonamides is 1. The molecule has 0 unspecified atom stereocenters. The van der Waals surface area contributed by atoms with E-state index >= 15 is 0 Å². The highest BCUT2D eigenvalue weighted by molar-refractivity contribution is 9.10. The van der Waals surface area contributed by atoms with E-state index in [1.807, 2.05) is 0 Å². The molecule has 0 aliphatic rings. The zero-order chi connectivity index (χ0) is 15.6. The fourth-order valence-electron chi connectivity index (χ4n) is 1.68. The third-order valence-corrected chi connectivity index (χ3v) is 4.50. The molecule has 0 amide bonds. The zero-order valence-corrected chi connectivity index (χ0v) is 13.9. The second-order valence-corrected chi connectivity index (χ2v) is 7.11. The zero-order valence-electron chi connectivity index (χ0n) is 10.7. The van der Waals surface area contributed by atoms with Crippen molar-refractivity contribution in [3.05, 3.63) is 52.5 Å². The van der Waals surface area contributed by atoms with Crippen molar-refractivity contribution in [2.24, 2.45) is 10.9 Å². The van der Waals surface area contributed by atoms with Crippen LogP contribution in [0.15, 0.2) is 51.8 Å². The third-order valence-electron chi connectivity index (χ3n) is 2.70. The van der Waals surface area contributed by atoms with Gasteiger partial charge in [-0.3, -0.25) is 0 Å². The van der Waals surface area contributed by atoms with Gasteiger partial charge in [-0.1, -0.05) is 18.3 Å². The highest BCUT2D eigenvalue weighted by atomic mass is 79.9. The van der Waals surface area contributed by atoms with Crippen LogP contribution < -0.4 is 16.2 Å². The maximum atomic E-state index is 11.3. The second kappa shape index (κ2) is 6.10. The normalized spacial score (nSPS) is 11.1. The number of primary sulfonamides is 1. The Bertz CT molecular complexity index is 807. The summed E-state index contributed by atoms with van der Waals surface area (Å²) in [5.41, 5.74) is 7.65. The Morgan fingerprint density at radius 2 is 1.90 bits per heavy atom. The Morgan fingerprint density at radius 3 is 2.48 bits per heavy atom. The Kier molecular flexibility index (Phi) is 4.62. The minimum absolute atomic E-state index is 0.0448. The predicted molar refractivity (Wildman–Crippen MR) is 91.1 cm³/mol. The number of hydrogen-bond donors (Lipinski definition) is 3. The topological polar surface area (TPSA) is 98.2 Å². The fraction of sp³-hybridized carbons (Fsp3) is 0. The summed E-state index contributed by atoms with van der Waals surface area (Å²) in [6.45, 7) is 0. The van der Waals surface area contributed by atoms with E-state index in [-0.39, 0.29) is 4.90 Å². The van der Waals surface area contributed by atoms with Gasteiger partial charge in [-0.2, -0.15) is 0 Å². The Balaban J connectivity index is 2.33. The van der Waals surface area contributed by atoms with Crippen molar-refractivity contribution in [1.82, 2.24) is 0 Å². The molecule has 0 aliphatic carbocycles. The second-order valence-electron chi connectivity index (χ2n) is 4.26. The molecule has 2 aromatic rings. The van der Waals surface area contributed by atoms with E-state index in [4.69, 9.17) is 23.1 Å². The van der Waals surface area contributed by atoms with Crippen LogP contribution in [0.5, 0.6) is 0 Å². The van der Waals surface area contributed by atoms with Gasteiger partial charge in [-0.05, 0) is 52.3 Å². The average Bonchev–Trinajstić information content (AvgIpc) is 2.40. The van der Waals surface area contributed by atoms with Gasteiger partial charge < -0.3 is 11.1 Å². The molecule has 0 aromatic heterocycles. The molecular formula is C13H12BrN3O2S2. The molecule has 0 aliphatic heterocycles. The molecule has 5 N–H and O–H groups in total. The van der Waals surface area contributed by atoms with Gasteiger partial charge in [0.1, 0.15) is 4.99 Å². The summed E-state index contributed by atoms with van der Waals surface area (Å²) in [7, 11) is -3.73. The van der Waals surface area contributed by atoms with Crippen LogP contribution in [-0.2, 0) is 10.0 Å². The van der Waals surface area contributed by atoms with Gasteiger partial charge in [0, 0.05) is 15.7 Å². The van der Waals surface area contributed by atoms with Gasteiger partial charge in [0.2, 0.25) is 10.0 Å². The number of benzene rings is 2. The van der Waals surface area contributed by atoms with Crippen molar-refractivity contribution < 1.29 is 8.42 Å². The average molecular weight is 386 g/mol. The van der Waals surface area contributed by atoms with Crippen LogP contribution >= 0.6 is 28.1 Å². The Hall–Kier alpha value is -1.48. The lowest BCUT2D eigenvalue weighted by Gasteiger charge is -2.11. The van der Waals surface area contributed by atoms with E-state index in [0.29, 0.717) is 10.7 Å². The Morgan fingerprint density at radius 1 is 1.19 bits per heavy atom. The van der Waals surface area contributed by atoms with E-state index in [1.54, 1.807) is 30.3 Å². The number of thiocarbonyl (C=S) groups is 1. The van der Waals surface area contributed by atoms with Gasteiger partial charge in [0.05, 0.1) is 10.6 Å². The van der Waals surface area contributed by atoms with Crippen LogP contribution in [0, 0.1) is 0 Å². The Labute approximate surface area is 136 Å². The molecule has 0 atom stereocenters. The number of halogens is 1. The molecule has 0 saturated heterocycles. The molecule has 0 radical (unpaired) electrons. The van der Waals surface area contributed by atoms with Gasteiger partial charge in [0.15, 0.2) is 0 Å². The van der Waals surface area contributed by atoms with Crippen molar-refractivity contribution in [3.8, 4) is 0 Å². The quantitative estimate of drug-likeness (QED) is 0.702. The first kappa shape index (κ1) is 15.9. The molecule has 0 fully saturated rings. The number of hydrogen-bond acceptors (Lipinski definition) is 4. The first-order chi connectivity index (χ1) is 9.77. The van der Waals surface area contributed by atoms with Crippen molar-refractivity contribution in [1.29, 1.82) is 0 Å². The highest BCUT2D eigenvalue weighted by Crippen LogP contribution is 2.27. The monoisotopic (exact) mass is 385 g/mol. The first-order valence-corrected chi connectivity index (χ1v) is 8.51. The molecule has 2 aromatic carbocycles. The maximum Gasteiger partial charge on any atom is 0.238 e. The molecule has 0 heterocycles. The van der Waals surface area contributed by atoms with E-state index < -0.39 is 10.0 Å². The van der Waals surface area contributed by atoms with Crippen LogP contribution in [-0.4, -0.2) is 13.4 Å². The molecular weight excluding hydrogens is 374 g/mol. The van der Waals surface area contributed by atoms with Crippen LogP contribution in [0.1, 0.15) is 5.56 Å². The van der Waals surface area contributed by atoms with Gasteiger partial charge in [0.25, 0.3) is 0 Å². The summed E-state index contributed by atoms with van der Waals surface area (Å²) in [6.07, 6.45) is 0. The van der Waals surface area contributed by atoms with E-state index in [1.165, 1.54) is 12.1 Å². The summed E-state index contributed by atoms with van der Waals surface area (Å²) in [4.78, 5) is 0.349. The van der Waals surface area contributed by atoms with Gasteiger partial charge in [-0.25, -0.2) is 13.6 Å². The van der Waals surface area contributed by atoms with Gasteiger partial charge >= 0.3 is 0 Å². The molecule has 5 nitrogen and oxygen atoms in total. The number of anilines is 2. The van der Waals surface area contributed by atoms with Gasteiger partial charge in [-0.15, -0.1) is 0 Å². The van der Waals surface area contributed by atoms with Crippen LogP contribution in [0.2, 0.25) is 0 Å². The molecule has 0 spiro atoms. The van der Waals surface area contributed by atoms with Crippen molar-refractivity contribution in [2.75, 3.05) is 5.32 Å². The molecule has 110 valence electrons. The molecule has 0 saturated carbocycles. The van der Waals surface area contributed by atoms with E-state index in [9.17, 15) is 8.42 Å². The number of nitrogens with two attached hydrogens (primary N) is 2. The SMILES string of the molecule is NC(=S)c1ccc(Nc2cccc(S(N)(=O)=O)c2)c(Br)c1. The largest absolute Gasteiger partial charge is 0.389 e. The molecule has 8 heteroatoms. The lowest BCUT2D eigenvalue weighted by Crippen LogP contribution is -2.12. The van der Waals surface area contributed by atoms with Crippen molar-refractivity contribution in [3.63, 3.8) is 0 Å². The first-order valence-electron chi connectivity index (χ1n) is 5.76. The summed E-state index contributed by atoms with van der Waals surface area (Å²) in [5, 5.41) is 8.21. The summed E-state index contributed by atoms with van der Waals surface area (Å²) in [6, 6.07) is 11.6. The van der Waals surface area contributed by atoms with Crippen LogP contribution in [0.25, 0.3) is 0 Å². The summed E-state index contributed by atoms with van der Waals surface area (Å²) in [5.74, 6) is 0. The van der Waals surface area contributed by atoms with Crippen LogP contribution in [0.3, 0.4) is 0 Å². The maximum absolute atomic E-state index is 11.3. The lowest BCUT2D eigenvalue weighted by atomic mass is 10.2. The third kappa shape index (κ3) is 4.01. The predicted octanol–water partition coefficient (Wildman–Crippen LogP) is 2.47. The fourth-order valence-corrected chi connectivity index (χ4v) is 2.84. The minimum Gasteiger partial charge on any atom is -0.389 e.